The first-order chi connectivity index (χ1) is 20.8. The molecule has 0 unspecified atom stereocenters. The molecule has 12 heteroatoms. The van der Waals surface area contributed by atoms with Gasteiger partial charge >= 0.3 is 15.6 Å². The van der Waals surface area contributed by atoms with Crippen molar-refractivity contribution in [2.45, 2.75) is 79.5 Å². The standard InChI is InChI=1S/C32H36NO3S.CHF3O3S/c1-31(2,3)35-25-11-15-27(16-12-25)37(28-17-13-26(14-18-28)36-32(4,5)6)30-10-8-7-9-29(30)34-23-24-19-21-33-22-20-24;2-1(3,4)8(5,6)7/h7-22H,23H2,1-6H3;(H,5,6,7)/q+1;. The summed E-state index contributed by atoms with van der Waals surface area (Å²) in [5.74, 6) is 2.58. The fraction of sp³-hybridized carbons (Fsp3) is 0.303. The van der Waals surface area contributed by atoms with Crippen molar-refractivity contribution in [2.75, 3.05) is 0 Å². The van der Waals surface area contributed by atoms with Crippen LogP contribution < -0.4 is 14.2 Å². The highest BCUT2D eigenvalue weighted by atomic mass is 32.2. The van der Waals surface area contributed by atoms with Gasteiger partial charge in [-0.2, -0.15) is 21.6 Å². The number of hydrogen-bond acceptors (Lipinski definition) is 6. The molecule has 1 N–H and O–H groups in total. The van der Waals surface area contributed by atoms with Gasteiger partial charge in [0.25, 0.3) is 0 Å². The van der Waals surface area contributed by atoms with Crippen LogP contribution in [0.1, 0.15) is 47.1 Å². The molecule has 0 saturated heterocycles. The molecular weight excluding hydrogens is 627 g/mol. The van der Waals surface area contributed by atoms with Gasteiger partial charge in [0.2, 0.25) is 4.90 Å². The topological polar surface area (TPSA) is 95.0 Å². The van der Waals surface area contributed by atoms with Gasteiger partial charge in [0.15, 0.2) is 15.5 Å². The Hall–Kier alpha value is -3.74. The van der Waals surface area contributed by atoms with Crippen LogP contribution in [0, 0.1) is 0 Å². The minimum Gasteiger partial charge on any atom is -0.488 e. The number of para-hydroxylation sites is 1. The molecule has 7 nitrogen and oxygen atoms in total. The Bertz CT molecular complexity index is 1560. The molecule has 242 valence electrons. The van der Waals surface area contributed by atoms with Crippen molar-refractivity contribution in [3.05, 3.63) is 103 Å². The minimum atomic E-state index is -5.84. The van der Waals surface area contributed by atoms with Crippen LogP contribution in [-0.2, 0) is 27.6 Å². The van der Waals surface area contributed by atoms with Crippen molar-refractivity contribution in [2.24, 2.45) is 0 Å². The van der Waals surface area contributed by atoms with E-state index >= 15 is 0 Å². The van der Waals surface area contributed by atoms with Gasteiger partial charge in [-0.05, 0) is 120 Å². The molecule has 1 aromatic heterocycles. The molecule has 0 radical (unpaired) electrons. The van der Waals surface area contributed by atoms with Crippen molar-refractivity contribution >= 4 is 21.0 Å². The Morgan fingerprint density at radius 3 is 1.53 bits per heavy atom. The van der Waals surface area contributed by atoms with Crippen molar-refractivity contribution in [1.82, 2.24) is 4.98 Å². The third-order valence-corrected chi connectivity index (χ3v) is 8.32. The van der Waals surface area contributed by atoms with Gasteiger partial charge in [-0.25, -0.2) is 0 Å². The zero-order chi connectivity index (χ0) is 33.5. The highest BCUT2D eigenvalue weighted by Gasteiger charge is 2.44. The van der Waals surface area contributed by atoms with Crippen molar-refractivity contribution in [3.63, 3.8) is 0 Å². The van der Waals surface area contributed by atoms with E-state index in [1.54, 1.807) is 12.4 Å². The van der Waals surface area contributed by atoms with Crippen molar-refractivity contribution < 1.29 is 40.4 Å². The summed E-state index contributed by atoms with van der Waals surface area (Å²) in [7, 11) is -6.24. The maximum atomic E-state index is 10.7. The van der Waals surface area contributed by atoms with Gasteiger partial charge in [0.05, 0.1) is 0 Å². The Kier molecular flexibility index (Phi) is 11.6. The number of nitrogens with zero attached hydrogens (tertiary/aromatic N) is 1. The molecule has 1 heterocycles. The number of hydrogen-bond donors (Lipinski definition) is 1. The summed E-state index contributed by atoms with van der Waals surface area (Å²) in [6.07, 6.45) is 3.58. The summed E-state index contributed by atoms with van der Waals surface area (Å²) in [6, 6.07) is 29.1. The average Bonchev–Trinajstić information content (AvgIpc) is 2.93. The van der Waals surface area contributed by atoms with Gasteiger partial charge in [-0.3, -0.25) is 9.54 Å². The second-order valence-corrected chi connectivity index (χ2v) is 15.1. The van der Waals surface area contributed by atoms with Crippen LogP contribution in [0.15, 0.2) is 112 Å². The monoisotopic (exact) mass is 664 g/mol. The second-order valence-electron chi connectivity index (χ2n) is 11.7. The molecule has 4 aromatic rings. The van der Waals surface area contributed by atoms with Crippen LogP contribution in [-0.4, -0.2) is 34.7 Å². The largest absolute Gasteiger partial charge is 0.522 e. The molecule has 0 atom stereocenters. The maximum absolute atomic E-state index is 10.7. The highest BCUT2D eigenvalue weighted by molar-refractivity contribution is 7.97. The molecule has 0 aliphatic carbocycles. The third kappa shape index (κ3) is 11.6. The Morgan fingerprint density at radius 1 is 0.711 bits per heavy atom. The van der Waals surface area contributed by atoms with Crippen LogP contribution in [0.2, 0.25) is 0 Å². The molecule has 4 rings (SSSR count). The van der Waals surface area contributed by atoms with Gasteiger partial charge in [-0.1, -0.05) is 12.1 Å². The summed E-state index contributed by atoms with van der Waals surface area (Å²) < 4.78 is 76.1. The van der Waals surface area contributed by atoms with Crippen molar-refractivity contribution in [1.29, 1.82) is 0 Å². The van der Waals surface area contributed by atoms with Crippen LogP contribution in [0.3, 0.4) is 0 Å². The van der Waals surface area contributed by atoms with E-state index in [0.717, 1.165) is 27.7 Å². The summed E-state index contributed by atoms with van der Waals surface area (Å²) in [5, 5.41) is 0. The SMILES string of the molecule is CC(C)(C)Oc1ccc([S+](c2ccc(OC(C)(C)C)cc2)c2ccccc2OCc2ccncc2)cc1.O=S(=O)(O)C(F)(F)F. The van der Waals surface area contributed by atoms with Crippen LogP contribution in [0.5, 0.6) is 17.2 Å². The molecule has 0 amide bonds. The van der Waals surface area contributed by atoms with E-state index in [1.165, 1.54) is 9.79 Å². The first-order valence-corrected chi connectivity index (χ1v) is 16.5. The highest BCUT2D eigenvalue weighted by Crippen LogP contribution is 2.38. The lowest BCUT2D eigenvalue weighted by Crippen LogP contribution is -2.23. The number of ether oxygens (including phenoxy) is 3. The molecule has 0 saturated carbocycles. The van der Waals surface area contributed by atoms with Gasteiger partial charge in [0.1, 0.15) is 40.2 Å². The van der Waals surface area contributed by atoms with Crippen molar-refractivity contribution in [3.8, 4) is 17.2 Å². The quantitative estimate of drug-likeness (QED) is 0.115. The molecule has 45 heavy (non-hydrogen) atoms. The molecule has 0 aliphatic rings. The number of rotatable bonds is 8. The zero-order valence-corrected chi connectivity index (χ0v) is 27.5. The average molecular weight is 665 g/mol. The predicted molar refractivity (Wildman–Crippen MR) is 168 cm³/mol. The van der Waals surface area contributed by atoms with Gasteiger partial charge in [0, 0.05) is 12.4 Å². The predicted octanol–water partition coefficient (Wildman–Crippen LogP) is 8.50. The molecule has 0 fully saturated rings. The maximum Gasteiger partial charge on any atom is 0.522 e. The molecule has 3 aromatic carbocycles. The number of benzene rings is 3. The smallest absolute Gasteiger partial charge is 0.488 e. The molecular formula is C33H37F3NO6S2+. The lowest BCUT2D eigenvalue weighted by molar-refractivity contribution is -0.0510. The van der Waals surface area contributed by atoms with E-state index in [-0.39, 0.29) is 11.2 Å². The zero-order valence-electron chi connectivity index (χ0n) is 25.8. The number of alkyl halides is 3. The van der Waals surface area contributed by atoms with E-state index in [9.17, 15) is 13.2 Å². The summed E-state index contributed by atoms with van der Waals surface area (Å²) >= 11 is 0. The normalized spacial score (nSPS) is 12.2. The second kappa shape index (κ2) is 14.6. The van der Waals surface area contributed by atoms with E-state index in [2.05, 4.69) is 107 Å². The minimum absolute atomic E-state index is 0.251. The number of halogens is 3. The first kappa shape index (κ1) is 35.7. The summed E-state index contributed by atoms with van der Waals surface area (Å²) in [6.45, 7) is 12.8. The molecule has 0 spiro atoms. The van der Waals surface area contributed by atoms with Crippen LogP contribution >= 0.6 is 0 Å². The van der Waals surface area contributed by atoms with E-state index in [1.807, 2.05) is 24.3 Å². The molecule has 0 aliphatic heterocycles. The fourth-order valence-corrected chi connectivity index (χ4v) is 5.90. The fourth-order valence-electron chi connectivity index (χ4n) is 3.76. The first-order valence-electron chi connectivity index (χ1n) is 13.8. The van der Waals surface area contributed by atoms with Crippen LogP contribution in [0.4, 0.5) is 13.2 Å². The number of aromatic nitrogens is 1. The Morgan fingerprint density at radius 2 is 1.13 bits per heavy atom. The number of pyridine rings is 1. The Labute approximate surface area is 265 Å². The van der Waals surface area contributed by atoms with E-state index in [0.29, 0.717) is 6.61 Å². The van der Waals surface area contributed by atoms with Gasteiger partial charge < -0.3 is 14.2 Å². The third-order valence-electron chi connectivity index (χ3n) is 5.47. The Balaban J connectivity index is 0.000000610. The lowest BCUT2D eigenvalue weighted by atomic mass is 10.2. The van der Waals surface area contributed by atoms with E-state index < -0.39 is 26.5 Å². The molecule has 0 bridgehead atoms. The lowest BCUT2D eigenvalue weighted by Gasteiger charge is -2.21. The summed E-state index contributed by atoms with van der Waals surface area (Å²) in [4.78, 5) is 7.61. The summed E-state index contributed by atoms with van der Waals surface area (Å²) in [5.41, 5.74) is -4.96. The van der Waals surface area contributed by atoms with Gasteiger partial charge in [-0.15, -0.1) is 0 Å². The van der Waals surface area contributed by atoms with E-state index in [4.69, 9.17) is 27.2 Å². The van der Waals surface area contributed by atoms with Crippen LogP contribution in [0.25, 0.3) is 0 Å².